The summed E-state index contributed by atoms with van der Waals surface area (Å²) in [6.45, 7) is 7.68. The molecule has 0 amide bonds. The van der Waals surface area contributed by atoms with Crippen molar-refractivity contribution in [2.75, 3.05) is 19.0 Å². The second kappa shape index (κ2) is 5.14. The SMILES string of the molecule is CCC(C)(C)CNc1nc2ccc(OC)cc2s1. The molecule has 1 heterocycles. The Labute approximate surface area is 112 Å². The minimum atomic E-state index is 0.301. The van der Waals surface area contributed by atoms with E-state index in [4.69, 9.17) is 4.74 Å². The molecule has 0 atom stereocenters. The van der Waals surface area contributed by atoms with Crippen LogP contribution in [0.5, 0.6) is 5.75 Å². The normalized spacial score (nSPS) is 11.8. The first-order valence-corrected chi connectivity index (χ1v) is 7.04. The van der Waals surface area contributed by atoms with Gasteiger partial charge in [-0.1, -0.05) is 32.1 Å². The van der Waals surface area contributed by atoms with E-state index in [1.807, 2.05) is 18.2 Å². The lowest BCUT2D eigenvalue weighted by molar-refractivity contribution is 0.377. The monoisotopic (exact) mass is 264 g/mol. The molecular weight excluding hydrogens is 244 g/mol. The second-order valence-corrected chi connectivity index (χ2v) is 6.25. The van der Waals surface area contributed by atoms with Crippen LogP contribution in [0.1, 0.15) is 27.2 Å². The van der Waals surface area contributed by atoms with Gasteiger partial charge in [-0.2, -0.15) is 0 Å². The van der Waals surface area contributed by atoms with Crippen LogP contribution in [-0.2, 0) is 0 Å². The van der Waals surface area contributed by atoms with E-state index in [9.17, 15) is 0 Å². The molecule has 0 saturated carbocycles. The third kappa shape index (κ3) is 2.93. The molecule has 1 N–H and O–H groups in total. The first-order chi connectivity index (χ1) is 8.54. The zero-order valence-electron chi connectivity index (χ0n) is 11.4. The number of ether oxygens (including phenoxy) is 1. The molecule has 3 nitrogen and oxygen atoms in total. The zero-order chi connectivity index (χ0) is 13.2. The zero-order valence-corrected chi connectivity index (χ0v) is 12.2. The van der Waals surface area contributed by atoms with Crippen molar-refractivity contribution in [2.45, 2.75) is 27.2 Å². The molecule has 2 aromatic rings. The van der Waals surface area contributed by atoms with Crippen molar-refractivity contribution in [3.63, 3.8) is 0 Å². The standard InChI is InChI=1S/C14H20N2OS/c1-5-14(2,3)9-15-13-16-11-7-6-10(17-4)8-12(11)18-13/h6-8H,5,9H2,1-4H3,(H,15,16). The van der Waals surface area contributed by atoms with Gasteiger partial charge in [-0.15, -0.1) is 0 Å². The minimum Gasteiger partial charge on any atom is -0.497 e. The van der Waals surface area contributed by atoms with E-state index in [1.165, 1.54) is 0 Å². The molecule has 0 spiro atoms. The van der Waals surface area contributed by atoms with Crippen molar-refractivity contribution in [3.8, 4) is 5.75 Å². The van der Waals surface area contributed by atoms with Crippen LogP contribution in [0.2, 0.25) is 0 Å². The van der Waals surface area contributed by atoms with Crippen molar-refractivity contribution in [2.24, 2.45) is 5.41 Å². The molecule has 0 aliphatic rings. The summed E-state index contributed by atoms with van der Waals surface area (Å²) in [6, 6.07) is 5.98. The summed E-state index contributed by atoms with van der Waals surface area (Å²) < 4.78 is 6.38. The molecule has 1 aromatic heterocycles. The summed E-state index contributed by atoms with van der Waals surface area (Å²) in [4.78, 5) is 4.58. The smallest absolute Gasteiger partial charge is 0.183 e. The topological polar surface area (TPSA) is 34.2 Å². The molecule has 18 heavy (non-hydrogen) atoms. The number of fused-ring (bicyclic) bond motifs is 1. The highest BCUT2D eigenvalue weighted by molar-refractivity contribution is 7.22. The number of anilines is 1. The lowest BCUT2D eigenvalue weighted by atomic mass is 9.90. The highest BCUT2D eigenvalue weighted by atomic mass is 32.1. The minimum absolute atomic E-state index is 0.301. The van der Waals surface area contributed by atoms with Gasteiger partial charge >= 0.3 is 0 Å². The van der Waals surface area contributed by atoms with Gasteiger partial charge in [-0.25, -0.2) is 4.98 Å². The van der Waals surface area contributed by atoms with E-state index in [0.29, 0.717) is 5.41 Å². The van der Waals surface area contributed by atoms with Crippen LogP contribution in [0.4, 0.5) is 5.13 Å². The van der Waals surface area contributed by atoms with E-state index in [1.54, 1.807) is 18.4 Å². The lowest BCUT2D eigenvalue weighted by Gasteiger charge is -2.22. The van der Waals surface area contributed by atoms with E-state index in [-0.39, 0.29) is 0 Å². The van der Waals surface area contributed by atoms with E-state index < -0.39 is 0 Å². The molecule has 0 radical (unpaired) electrons. The van der Waals surface area contributed by atoms with E-state index >= 15 is 0 Å². The first kappa shape index (κ1) is 13.1. The molecule has 98 valence electrons. The predicted molar refractivity (Wildman–Crippen MR) is 78.7 cm³/mol. The number of nitrogens with one attached hydrogen (secondary N) is 1. The van der Waals surface area contributed by atoms with Crippen molar-refractivity contribution < 1.29 is 4.74 Å². The second-order valence-electron chi connectivity index (χ2n) is 5.22. The summed E-state index contributed by atoms with van der Waals surface area (Å²) in [5.74, 6) is 0.881. The molecule has 0 bridgehead atoms. The Kier molecular flexibility index (Phi) is 3.76. The Morgan fingerprint density at radius 3 is 2.83 bits per heavy atom. The van der Waals surface area contributed by atoms with E-state index in [0.717, 1.165) is 34.1 Å². The van der Waals surface area contributed by atoms with Gasteiger partial charge in [0, 0.05) is 6.54 Å². The maximum Gasteiger partial charge on any atom is 0.183 e. The van der Waals surface area contributed by atoms with Crippen molar-refractivity contribution in [3.05, 3.63) is 18.2 Å². The van der Waals surface area contributed by atoms with Crippen LogP contribution in [-0.4, -0.2) is 18.6 Å². The molecule has 0 aliphatic heterocycles. The highest BCUT2D eigenvalue weighted by Gasteiger charge is 2.15. The quantitative estimate of drug-likeness (QED) is 0.880. The summed E-state index contributed by atoms with van der Waals surface area (Å²) in [6.07, 6.45) is 1.15. The highest BCUT2D eigenvalue weighted by Crippen LogP contribution is 2.30. The van der Waals surface area contributed by atoms with Gasteiger partial charge < -0.3 is 10.1 Å². The average molecular weight is 264 g/mol. The fraction of sp³-hybridized carbons (Fsp3) is 0.500. The Morgan fingerprint density at radius 1 is 1.39 bits per heavy atom. The van der Waals surface area contributed by atoms with Gasteiger partial charge in [0.15, 0.2) is 5.13 Å². The van der Waals surface area contributed by atoms with E-state index in [2.05, 4.69) is 31.1 Å². The lowest BCUT2D eigenvalue weighted by Crippen LogP contribution is -2.21. The third-order valence-electron chi connectivity index (χ3n) is 3.27. The summed E-state index contributed by atoms with van der Waals surface area (Å²) in [5.41, 5.74) is 1.33. The third-order valence-corrected chi connectivity index (χ3v) is 4.25. The Hall–Kier alpha value is -1.29. The van der Waals surface area contributed by atoms with Gasteiger partial charge in [-0.3, -0.25) is 0 Å². The summed E-state index contributed by atoms with van der Waals surface area (Å²) in [7, 11) is 1.69. The van der Waals surface area contributed by atoms with Crippen LogP contribution in [0, 0.1) is 5.41 Å². The van der Waals surface area contributed by atoms with Crippen LogP contribution in [0.25, 0.3) is 10.2 Å². The maximum absolute atomic E-state index is 5.22. The molecule has 2 rings (SSSR count). The average Bonchev–Trinajstić information content (AvgIpc) is 2.78. The Morgan fingerprint density at radius 2 is 2.17 bits per heavy atom. The summed E-state index contributed by atoms with van der Waals surface area (Å²) >= 11 is 1.68. The van der Waals surface area contributed by atoms with Gasteiger partial charge in [0.25, 0.3) is 0 Å². The Balaban J connectivity index is 2.15. The number of nitrogens with zero attached hydrogens (tertiary/aromatic N) is 1. The molecule has 0 aliphatic carbocycles. The fourth-order valence-electron chi connectivity index (χ4n) is 1.55. The largest absolute Gasteiger partial charge is 0.497 e. The molecule has 0 unspecified atom stereocenters. The number of methoxy groups -OCH3 is 1. The first-order valence-electron chi connectivity index (χ1n) is 6.22. The number of hydrogen-bond acceptors (Lipinski definition) is 4. The summed E-state index contributed by atoms with van der Waals surface area (Å²) in [5, 5.41) is 4.42. The van der Waals surface area contributed by atoms with Crippen LogP contribution < -0.4 is 10.1 Å². The van der Waals surface area contributed by atoms with Crippen molar-refractivity contribution in [1.82, 2.24) is 4.98 Å². The van der Waals surface area contributed by atoms with Crippen molar-refractivity contribution >= 4 is 26.7 Å². The molecule has 4 heteroatoms. The number of aromatic nitrogens is 1. The molecule has 0 fully saturated rings. The van der Waals surface area contributed by atoms with Gasteiger partial charge in [0.05, 0.1) is 17.3 Å². The molecule has 0 saturated heterocycles. The van der Waals surface area contributed by atoms with Gasteiger partial charge in [-0.05, 0) is 30.0 Å². The van der Waals surface area contributed by atoms with Crippen LogP contribution in [0.15, 0.2) is 18.2 Å². The van der Waals surface area contributed by atoms with Crippen LogP contribution in [0.3, 0.4) is 0 Å². The van der Waals surface area contributed by atoms with Crippen LogP contribution >= 0.6 is 11.3 Å². The number of hydrogen-bond donors (Lipinski definition) is 1. The van der Waals surface area contributed by atoms with Crippen molar-refractivity contribution in [1.29, 1.82) is 0 Å². The maximum atomic E-state index is 5.22. The number of rotatable bonds is 5. The van der Waals surface area contributed by atoms with Gasteiger partial charge in [0.2, 0.25) is 0 Å². The number of thiazole rings is 1. The fourth-order valence-corrected chi connectivity index (χ4v) is 2.44. The van der Waals surface area contributed by atoms with Gasteiger partial charge in [0.1, 0.15) is 5.75 Å². The predicted octanol–water partition coefficient (Wildman–Crippen LogP) is 4.15. The molecular formula is C14H20N2OS. The number of benzene rings is 1. The Bertz CT molecular complexity index is 534. The molecule has 1 aromatic carbocycles.